The highest BCUT2D eigenvalue weighted by Gasteiger charge is 2.22. The standard InChI is InChI=1S/C24H38N12O13/c25-2-14(38)27-3-15(39)28-4-16(40)29-5-17(41)30-6-18(42)31-7-19(43)32-8-20(44)33-9-21(45)34-10-22(46)35-11-23(47)36-12(24(48)49)1-13(26)37/h12H,1-11,25H2,(H2,26,37)(H,27,38)(H,28,39)(H,29,40)(H,30,41)(H,31,42)(H,32,43)(H,33,44)(H,34,45)(H,35,46)(H,36,47)(H,48,49)/t12-/m0/s1. The monoisotopic (exact) mass is 702 g/mol. The number of carboxylic acid groups (broad SMARTS) is 1. The smallest absolute Gasteiger partial charge is 0.326 e. The van der Waals surface area contributed by atoms with Crippen LogP contribution in [0.5, 0.6) is 0 Å². The number of carboxylic acids is 1. The van der Waals surface area contributed by atoms with Crippen molar-refractivity contribution < 1.29 is 62.6 Å². The van der Waals surface area contributed by atoms with Gasteiger partial charge >= 0.3 is 5.97 Å². The predicted octanol–water partition coefficient (Wildman–Crippen LogP) is -10.6. The van der Waals surface area contributed by atoms with E-state index in [1.165, 1.54) is 0 Å². The van der Waals surface area contributed by atoms with Crippen LogP contribution < -0.4 is 64.6 Å². The molecule has 0 aromatic carbocycles. The van der Waals surface area contributed by atoms with Crippen LogP contribution in [-0.2, 0) is 57.5 Å². The lowest BCUT2D eigenvalue weighted by atomic mass is 10.2. The number of primary amides is 1. The minimum atomic E-state index is -1.59. The summed E-state index contributed by atoms with van der Waals surface area (Å²) in [4.78, 5) is 138. The van der Waals surface area contributed by atoms with Crippen molar-refractivity contribution in [1.29, 1.82) is 0 Å². The fourth-order valence-electron chi connectivity index (χ4n) is 2.83. The molecular formula is C24H38N12O13. The van der Waals surface area contributed by atoms with Crippen molar-refractivity contribution in [2.75, 3.05) is 65.4 Å². The summed E-state index contributed by atoms with van der Waals surface area (Å²) in [5.41, 5.74) is 9.95. The lowest BCUT2D eigenvalue weighted by Gasteiger charge is -2.13. The molecule has 25 nitrogen and oxygen atoms in total. The Hall–Kier alpha value is -6.40. The zero-order valence-corrected chi connectivity index (χ0v) is 25.9. The Balaban J connectivity index is 4.07. The molecule has 0 aliphatic carbocycles. The Bertz CT molecular complexity index is 1290. The molecular weight excluding hydrogens is 664 g/mol. The largest absolute Gasteiger partial charge is 0.480 e. The lowest BCUT2D eigenvalue weighted by Crippen LogP contribution is -2.49. The van der Waals surface area contributed by atoms with Gasteiger partial charge in [-0.15, -0.1) is 0 Å². The van der Waals surface area contributed by atoms with Crippen molar-refractivity contribution in [3.63, 3.8) is 0 Å². The van der Waals surface area contributed by atoms with E-state index in [4.69, 9.17) is 16.6 Å². The maximum absolute atomic E-state index is 11.8. The highest BCUT2D eigenvalue weighted by atomic mass is 16.4. The van der Waals surface area contributed by atoms with Gasteiger partial charge in [0.1, 0.15) is 6.04 Å². The average molecular weight is 703 g/mol. The molecule has 49 heavy (non-hydrogen) atoms. The van der Waals surface area contributed by atoms with Crippen molar-refractivity contribution in [2.45, 2.75) is 12.5 Å². The number of carbonyl (C=O) groups excluding carboxylic acids is 11. The molecule has 0 radical (unpaired) electrons. The Labute approximate surface area is 276 Å². The van der Waals surface area contributed by atoms with Gasteiger partial charge in [-0.2, -0.15) is 0 Å². The van der Waals surface area contributed by atoms with Crippen LogP contribution >= 0.6 is 0 Å². The van der Waals surface area contributed by atoms with Crippen molar-refractivity contribution in [3.05, 3.63) is 0 Å². The van der Waals surface area contributed by atoms with Gasteiger partial charge in [-0.25, -0.2) is 4.79 Å². The molecule has 0 saturated carbocycles. The number of rotatable bonds is 23. The number of hydrogen-bond donors (Lipinski definition) is 13. The van der Waals surface area contributed by atoms with Gasteiger partial charge in [0.15, 0.2) is 0 Å². The number of aliphatic carboxylic acids is 1. The van der Waals surface area contributed by atoms with Crippen molar-refractivity contribution in [2.24, 2.45) is 11.5 Å². The second kappa shape index (κ2) is 23.9. The average Bonchev–Trinajstić information content (AvgIpc) is 3.05. The van der Waals surface area contributed by atoms with Gasteiger partial charge in [0, 0.05) is 0 Å². The van der Waals surface area contributed by atoms with Gasteiger partial charge in [-0.1, -0.05) is 0 Å². The van der Waals surface area contributed by atoms with Crippen molar-refractivity contribution >= 4 is 70.9 Å². The predicted molar refractivity (Wildman–Crippen MR) is 160 cm³/mol. The molecule has 0 heterocycles. The van der Waals surface area contributed by atoms with Gasteiger partial charge in [0.2, 0.25) is 65.0 Å². The summed E-state index contributed by atoms with van der Waals surface area (Å²) in [6, 6.07) is -1.59. The number of nitrogens with one attached hydrogen (secondary N) is 10. The highest BCUT2D eigenvalue weighted by Crippen LogP contribution is 1.91. The van der Waals surface area contributed by atoms with E-state index in [0.717, 1.165) is 0 Å². The summed E-state index contributed by atoms with van der Waals surface area (Å²) in [7, 11) is 0. The number of nitrogens with two attached hydrogens (primary N) is 2. The fraction of sp³-hybridized carbons (Fsp3) is 0.500. The molecule has 0 aliphatic heterocycles. The minimum Gasteiger partial charge on any atom is -0.480 e. The second-order valence-corrected chi connectivity index (χ2v) is 9.32. The van der Waals surface area contributed by atoms with Crippen LogP contribution in [0.15, 0.2) is 0 Å². The first-order valence-electron chi connectivity index (χ1n) is 13.9. The molecule has 0 aromatic heterocycles. The summed E-state index contributed by atoms with van der Waals surface area (Å²) in [5.74, 6) is -10.3. The molecule has 0 aliphatic rings. The summed E-state index contributed by atoms with van der Waals surface area (Å²) in [6.45, 7) is -5.38. The molecule has 0 aromatic rings. The van der Waals surface area contributed by atoms with Crippen LogP contribution in [0.2, 0.25) is 0 Å². The Kier molecular flexibility index (Phi) is 20.8. The molecule has 11 amide bonds. The molecule has 0 rings (SSSR count). The van der Waals surface area contributed by atoms with Crippen LogP contribution in [0, 0.1) is 0 Å². The van der Waals surface area contributed by atoms with Gasteiger partial charge in [-0.3, -0.25) is 52.7 Å². The van der Waals surface area contributed by atoms with E-state index in [1.54, 1.807) is 0 Å². The van der Waals surface area contributed by atoms with Gasteiger partial charge in [0.05, 0.1) is 71.9 Å². The maximum atomic E-state index is 11.8. The van der Waals surface area contributed by atoms with Crippen LogP contribution in [0.4, 0.5) is 0 Å². The quantitative estimate of drug-likeness (QED) is 0.0470. The number of amides is 11. The molecule has 25 heteroatoms. The lowest BCUT2D eigenvalue weighted by molar-refractivity contribution is -0.143. The third-order valence-electron chi connectivity index (χ3n) is 5.24. The van der Waals surface area contributed by atoms with Crippen LogP contribution in [-0.4, -0.2) is 148 Å². The van der Waals surface area contributed by atoms with E-state index < -0.39 is 142 Å². The SMILES string of the molecule is NCC(=O)NCC(=O)NCC(=O)NCC(=O)NCC(=O)NCC(=O)NCC(=O)NCC(=O)NCC(=O)NCC(=O)N[C@@H](CC(N)=O)C(=O)O. The third-order valence-corrected chi connectivity index (χ3v) is 5.24. The zero-order chi connectivity index (χ0) is 37.4. The maximum Gasteiger partial charge on any atom is 0.326 e. The Morgan fingerprint density at radius 2 is 0.633 bits per heavy atom. The minimum absolute atomic E-state index is 0.315. The van der Waals surface area contributed by atoms with Crippen molar-refractivity contribution in [3.8, 4) is 0 Å². The summed E-state index contributed by atoms with van der Waals surface area (Å²) in [6.07, 6.45) is -0.668. The summed E-state index contributed by atoms with van der Waals surface area (Å²) >= 11 is 0. The first-order valence-corrected chi connectivity index (χ1v) is 13.9. The van der Waals surface area contributed by atoms with Crippen molar-refractivity contribution in [1.82, 2.24) is 53.2 Å². The third kappa shape index (κ3) is 23.6. The molecule has 0 bridgehead atoms. The topological polar surface area (TPSA) is 397 Å². The molecule has 0 fully saturated rings. The molecule has 0 unspecified atom stereocenters. The first-order chi connectivity index (χ1) is 23.0. The van der Waals surface area contributed by atoms with Gasteiger partial charge in [-0.05, 0) is 0 Å². The van der Waals surface area contributed by atoms with Crippen LogP contribution in [0.1, 0.15) is 6.42 Å². The van der Waals surface area contributed by atoms with Crippen LogP contribution in [0.25, 0.3) is 0 Å². The van der Waals surface area contributed by atoms with E-state index >= 15 is 0 Å². The van der Waals surface area contributed by atoms with Crippen LogP contribution in [0.3, 0.4) is 0 Å². The molecule has 15 N–H and O–H groups in total. The Morgan fingerprint density at radius 3 is 0.837 bits per heavy atom. The molecule has 0 saturated heterocycles. The number of carbonyl (C=O) groups is 12. The molecule has 0 spiro atoms. The van der Waals surface area contributed by atoms with Gasteiger partial charge < -0.3 is 69.7 Å². The van der Waals surface area contributed by atoms with E-state index in [0.29, 0.717) is 0 Å². The molecule has 272 valence electrons. The zero-order valence-electron chi connectivity index (χ0n) is 25.9. The number of hydrogen-bond acceptors (Lipinski definition) is 13. The Morgan fingerprint density at radius 1 is 0.408 bits per heavy atom. The second-order valence-electron chi connectivity index (χ2n) is 9.32. The highest BCUT2D eigenvalue weighted by molar-refractivity contribution is 5.94. The molecule has 1 atom stereocenters. The van der Waals surface area contributed by atoms with E-state index in [2.05, 4.69) is 47.9 Å². The van der Waals surface area contributed by atoms with E-state index in [9.17, 15) is 57.5 Å². The fourth-order valence-corrected chi connectivity index (χ4v) is 2.83. The summed E-state index contributed by atoms with van der Waals surface area (Å²) in [5, 5.41) is 30.3. The summed E-state index contributed by atoms with van der Waals surface area (Å²) < 4.78 is 0. The van der Waals surface area contributed by atoms with E-state index in [1.807, 2.05) is 5.32 Å². The first kappa shape index (κ1) is 42.6. The van der Waals surface area contributed by atoms with E-state index in [-0.39, 0.29) is 6.54 Å². The normalized spacial score (nSPS) is 10.5. The van der Waals surface area contributed by atoms with Gasteiger partial charge in [0.25, 0.3) is 0 Å².